The predicted molar refractivity (Wildman–Crippen MR) is 116 cm³/mol. The molecule has 1 amide bonds. The molecule has 0 bridgehead atoms. The molecule has 1 fully saturated rings. The van der Waals surface area contributed by atoms with Gasteiger partial charge in [-0.3, -0.25) is 9.69 Å². The van der Waals surface area contributed by atoms with E-state index in [1.807, 2.05) is 44.2 Å². The van der Waals surface area contributed by atoms with E-state index in [1.165, 1.54) is 12.1 Å². The number of carbonyl (C=O) groups is 1. The molecule has 4 rings (SSSR count). The lowest BCUT2D eigenvalue weighted by molar-refractivity contribution is -0.122. The molecule has 2 aromatic rings. The number of hydrogen-bond donors (Lipinski definition) is 1. The van der Waals surface area contributed by atoms with Gasteiger partial charge in [-0.25, -0.2) is 4.39 Å². The van der Waals surface area contributed by atoms with Crippen LogP contribution in [0.3, 0.4) is 0 Å². The van der Waals surface area contributed by atoms with Crippen LogP contribution in [0.25, 0.3) is 0 Å². The number of nitrogens with zero attached hydrogens (tertiary/aromatic N) is 1. The van der Waals surface area contributed by atoms with Crippen molar-refractivity contribution in [3.8, 4) is 5.75 Å². The highest BCUT2D eigenvalue weighted by atomic mass is 19.1. The quantitative estimate of drug-likeness (QED) is 0.781. The number of benzene rings is 2. The van der Waals surface area contributed by atoms with Crippen molar-refractivity contribution in [3.63, 3.8) is 0 Å². The number of fused-ring (bicyclic) bond motifs is 1. The molecule has 30 heavy (non-hydrogen) atoms. The van der Waals surface area contributed by atoms with Gasteiger partial charge in [0.2, 0.25) is 5.91 Å². The Balaban J connectivity index is 1.44. The van der Waals surface area contributed by atoms with Crippen molar-refractivity contribution in [1.29, 1.82) is 0 Å². The molecule has 0 aromatic heterocycles. The Labute approximate surface area is 178 Å². The smallest absolute Gasteiger partial charge is 0.220 e. The monoisotopic (exact) mass is 410 g/mol. The van der Waals surface area contributed by atoms with Crippen molar-refractivity contribution in [2.24, 2.45) is 0 Å². The molecule has 1 N–H and O–H groups in total. The van der Waals surface area contributed by atoms with Crippen LogP contribution >= 0.6 is 0 Å². The van der Waals surface area contributed by atoms with Crippen LogP contribution in [0.15, 0.2) is 48.5 Å². The molecular weight excluding hydrogens is 379 g/mol. The molecule has 5 heteroatoms. The Kier molecular flexibility index (Phi) is 6.09. The van der Waals surface area contributed by atoms with Crippen LogP contribution in [0.5, 0.6) is 5.75 Å². The van der Waals surface area contributed by atoms with Crippen molar-refractivity contribution in [2.75, 3.05) is 13.1 Å². The highest BCUT2D eigenvalue weighted by Crippen LogP contribution is 2.46. The highest BCUT2D eigenvalue weighted by molar-refractivity contribution is 5.77. The van der Waals surface area contributed by atoms with E-state index in [2.05, 4.69) is 16.3 Å². The molecule has 1 atom stereocenters. The van der Waals surface area contributed by atoms with Gasteiger partial charge in [0.1, 0.15) is 17.2 Å². The normalized spacial score (nSPS) is 20.6. The second-order valence-corrected chi connectivity index (χ2v) is 9.05. The van der Waals surface area contributed by atoms with E-state index in [-0.39, 0.29) is 29.3 Å². The van der Waals surface area contributed by atoms with Gasteiger partial charge in [-0.15, -0.1) is 0 Å². The maximum atomic E-state index is 13.2. The molecule has 160 valence electrons. The molecule has 4 nitrogen and oxygen atoms in total. The van der Waals surface area contributed by atoms with Crippen LogP contribution in [0.1, 0.15) is 56.6 Å². The average molecular weight is 411 g/mol. The fourth-order valence-electron chi connectivity index (χ4n) is 4.80. The summed E-state index contributed by atoms with van der Waals surface area (Å²) in [7, 11) is 0. The average Bonchev–Trinajstić information content (AvgIpc) is 2.71. The number of likely N-dealkylation sites (tertiary alicyclic amines) is 1. The minimum Gasteiger partial charge on any atom is -0.487 e. The zero-order valence-corrected chi connectivity index (χ0v) is 17.9. The van der Waals surface area contributed by atoms with Gasteiger partial charge in [-0.05, 0) is 62.4 Å². The first-order valence-electron chi connectivity index (χ1n) is 11.0. The predicted octanol–water partition coefficient (Wildman–Crippen LogP) is 4.64. The van der Waals surface area contributed by atoms with Gasteiger partial charge in [-0.2, -0.15) is 0 Å². The first-order chi connectivity index (χ1) is 14.4. The molecule has 2 aliphatic rings. The van der Waals surface area contributed by atoms with E-state index >= 15 is 0 Å². The molecule has 2 heterocycles. The van der Waals surface area contributed by atoms with Gasteiger partial charge >= 0.3 is 0 Å². The Hall–Kier alpha value is -2.40. The third-order valence-corrected chi connectivity index (χ3v) is 6.27. The molecule has 0 unspecified atom stereocenters. The number of hydrogen-bond acceptors (Lipinski definition) is 3. The van der Waals surface area contributed by atoms with E-state index in [9.17, 15) is 9.18 Å². The van der Waals surface area contributed by atoms with Gasteiger partial charge in [0.05, 0.1) is 0 Å². The molecule has 2 aromatic carbocycles. The lowest BCUT2D eigenvalue weighted by Crippen LogP contribution is -2.50. The summed E-state index contributed by atoms with van der Waals surface area (Å²) in [6, 6.07) is 15.1. The summed E-state index contributed by atoms with van der Waals surface area (Å²) in [6.07, 6.45) is 3.25. The maximum Gasteiger partial charge on any atom is 0.220 e. The number of amides is 1. The van der Waals surface area contributed by atoms with Crippen LogP contribution in [-0.4, -0.2) is 35.5 Å². The van der Waals surface area contributed by atoms with Crippen molar-refractivity contribution in [1.82, 2.24) is 10.2 Å². The van der Waals surface area contributed by atoms with E-state index in [0.29, 0.717) is 6.42 Å². The summed E-state index contributed by atoms with van der Waals surface area (Å²) in [4.78, 5) is 14.9. The van der Waals surface area contributed by atoms with Gasteiger partial charge < -0.3 is 10.1 Å². The highest BCUT2D eigenvalue weighted by Gasteiger charge is 2.43. The van der Waals surface area contributed by atoms with Crippen molar-refractivity contribution in [2.45, 2.75) is 63.6 Å². The molecule has 1 saturated heterocycles. The Morgan fingerprint density at radius 1 is 1.17 bits per heavy atom. The van der Waals surface area contributed by atoms with Crippen molar-refractivity contribution in [3.05, 3.63) is 65.5 Å². The van der Waals surface area contributed by atoms with Gasteiger partial charge in [0.25, 0.3) is 0 Å². The van der Waals surface area contributed by atoms with Crippen molar-refractivity contribution < 1.29 is 13.9 Å². The lowest BCUT2D eigenvalue weighted by Gasteiger charge is -2.47. The summed E-state index contributed by atoms with van der Waals surface area (Å²) < 4.78 is 19.7. The zero-order valence-electron chi connectivity index (χ0n) is 17.9. The number of ether oxygens (including phenoxy) is 1. The van der Waals surface area contributed by atoms with E-state index in [4.69, 9.17) is 4.74 Å². The van der Waals surface area contributed by atoms with Gasteiger partial charge in [0.15, 0.2) is 0 Å². The fourth-order valence-corrected chi connectivity index (χ4v) is 4.80. The summed E-state index contributed by atoms with van der Waals surface area (Å²) in [6.45, 7) is 6.68. The summed E-state index contributed by atoms with van der Waals surface area (Å²) in [5.41, 5.74) is 2.07. The number of para-hydroxylation sites is 1. The number of carbonyl (C=O) groups excluding carboxylic acids is 1. The van der Waals surface area contributed by atoms with Crippen LogP contribution in [0.4, 0.5) is 4.39 Å². The second kappa shape index (κ2) is 8.76. The van der Waals surface area contributed by atoms with E-state index < -0.39 is 0 Å². The summed E-state index contributed by atoms with van der Waals surface area (Å²) >= 11 is 0. The van der Waals surface area contributed by atoms with Gasteiger partial charge in [0, 0.05) is 38.0 Å². The Bertz CT molecular complexity index is 873. The number of rotatable bonds is 5. The van der Waals surface area contributed by atoms with Crippen LogP contribution in [0.2, 0.25) is 0 Å². The third-order valence-electron chi connectivity index (χ3n) is 6.27. The minimum absolute atomic E-state index is 0.107. The first kappa shape index (κ1) is 20.9. The summed E-state index contributed by atoms with van der Waals surface area (Å²) in [5.74, 6) is 1.02. The molecule has 0 saturated carbocycles. The SMILES string of the molecule is CC(C)NC(=O)C[C@@H]1CC2(CCN(Cc3ccc(F)cc3)CC2)Oc2ccccc21. The van der Waals surface area contributed by atoms with Crippen LogP contribution in [0, 0.1) is 5.82 Å². The standard InChI is InChI=1S/C25H31FN2O2/c1-18(2)27-24(29)15-20-16-25(30-23-6-4-3-5-22(20)23)11-13-28(14-12-25)17-19-7-9-21(26)10-8-19/h3-10,18,20H,11-17H2,1-2H3,(H,27,29)/t20-/m1/s1. The summed E-state index contributed by atoms with van der Waals surface area (Å²) in [5, 5.41) is 3.04. The van der Waals surface area contributed by atoms with Crippen LogP contribution < -0.4 is 10.1 Å². The maximum absolute atomic E-state index is 13.2. The third kappa shape index (κ3) is 4.84. The van der Waals surface area contributed by atoms with E-state index in [1.54, 1.807) is 0 Å². The lowest BCUT2D eigenvalue weighted by atomic mass is 9.76. The second-order valence-electron chi connectivity index (χ2n) is 9.05. The number of halogens is 1. The van der Waals surface area contributed by atoms with Gasteiger partial charge in [-0.1, -0.05) is 30.3 Å². The van der Waals surface area contributed by atoms with E-state index in [0.717, 1.165) is 55.8 Å². The largest absolute Gasteiger partial charge is 0.487 e. The number of piperidine rings is 1. The Morgan fingerprint density at radius 3 is 2.57 bits per heavy atom. The molecule has 1 spiro atoms. The zero-order chi connectivity index (χ0) is 21.1. The fraction of sp³-hybridized carbons (Fsp3) is 0.480. The van der Waals surface area contributed by atoms with Crippen LogP contribution in [-0.2, 0) is 11.3 Å². The van der Waals surface area contributed by atoms with Crippen molar-refractivity contribution >= 4 is 5.91 Å². The topological polar surface area (TPSA) is 41.6 Å². The first-order valence-corrected chi connectivity index (χ1v) is 11.0. The molecular formula is C25H31FN2O2. The molecule has 0 radical (unpaired) electrons. The minimum atomic E-state index is -0.212. The molecule has 0 aliphatic carbocycles. The number of nitrogens with one attached hydrogen (secondary N) is 1. The Morgan fingerprint density at radius 2 is 1.87 bits per heavy atom. The molecule has 2 aliphatic heterocycles.